The van der Waals surface area contributed by atoms with Gasteiger partial charge in [-0.2, -0.15) is 0 Å². The third kappa shape index (κ3) is 6.69. The first-order chi connectivity index (χ1) is 16.8. The predicted octanol–water partition coefficient (Wildman–Crippen LogP) is 2.04. The SMILES string of the molecule is NS(=O)(=O)c1ccc(C(=O)OCC(=O)Nc2ccc(N3CCN(Cc4ccccc4)CC3)cc2)o1. The minimum Gasteiger partial charge on any atom is -0.450 e. The van der Waals surface area contributed by atoms with Crippen LogP contribution >= 0.6 is 0 Å². The van der Waals surface area contributed by atoms with Gasteiger partial charge in [-0.05, 0) is 42.0 Å². The molecular formula is C24H26N4O6S. The highest BCUT2D eigenvalue weighted by atomic mass is 32.2. The summed E-state index contributed by atoms with van der Waals surface area (Å²) in [6.07, 6.45) is 0. The third-order valence-electron chi connectivity index (χ3n) is 5.53. The highest BCUT2D eigenvalue weighted by Crippen LogP contribution is 2.20. The van der Waals surface area contributed by atoms with Gasteiger partial charge in [-0.1, -0.05) is 30.3 Å². The number of benzene rings is 2. The number of ether oxygens (including phenoxy) is 1. The number of piperazine rings is 1. The van der Waals surface area contributed by atoms with Crippen molar-refractivity contribution in [2.24, 2.45) is 5.14 Å². The van der Waals surface area contributed by atoms with E-state index in [0.717, 1.165) is 50.5 Å². The summed E-state index contributed by atoms with van der Waals surface area (Å²) in [6.45, 7) is 4.13. The molecule has 0 saturated carbocycles. The molecular weight excluding hydrogens is 472 g/mol. The van der Waals surface area contributed by atoms with Crippen LogP contribution in [0.1, 0.15) is 16.1 Å². The van der Waals surface area contributed by atoms with E-state index in [1.54, 1.807) is 12.1 Å². The van der Waals surface area contributed by atoms with Crippen LogP contribution in [0.15, 0.2) is 76.2 Å². The quantitative estimate of drug-likeness (QED) is 0.451. The molecule has 0 unspecified atom stereocenters. The summed E-state index contributed by atoms with van der Waals surface area (Å²) in [6, 6.07) is 20.0. The van der Waals surface area contributed by atoms with Crippen LogP contribution < -0.4 is 15.4 Å². The Balaban J connectivity index is 1.22. The first kappa shape index (κ1) is 24.5. The van der Waals surface area contributed by atoms with E-state index >= 15 is 0 Å². The average Bonchev–Trinajstić information content (AvgIpc) is 3.36. The highest BCUT2D eigenvalue weighted by Gasteiger charge is 2.20. The maximum Gasteiger partial charge on any atom is 0.374 e. The minimum atomic E-state index is -4.07. The molecule has 1 amide bonds. The number of nitrogens with two attached hydrogens (primary N) is 1. The van der Waals surface area contributed by atoms with Crippen molar-refractivity contribution in [1.82, 2.24) is 4.90 Å². The van der Waals surface area contributed by atoms with Crippen molar-refractivity contribution in [2.45, 2.75) is 11.6 Å². The van der Waals surface area contributed by atoms with E-state index in [2.05, 4.69) is 39.4 Å². The molecule has 2 aromatic carbocycles. The summed E-state index contributed by atoms with van der Waals surface area (Å²) in [7, 11) is -4.07. The summed E-state index contributed by atoms with van der Waals surface area (Å²) in [5, 5.41) is 7.02. The van der Waals surface area contributed by atoms with Gasteiger partial charge in [0.15, 0.2) is 6.61 Å². The first-order valence-corrected chi connectivity index (χ1v) is 12.5. The smallest absolute Gasteiger partial charge is 0.374 e. The molecule has 1 fully saturated rings. The van der Waals surface area contributed by atoms with Crippen molar-refractivity contribution >= 4 is 33.3 Å². The number of furan rings is 1. The fourth-order valence-electron chi connectivity index (χ4n) is 3.74. The van der Waals surface area contributed by atoms with Gasteiger partial charge in [-0.3, -0.25) is 9.69 Å². The Kier molecular flexibility index (Phi) is 7.49. The molecule has 0 radical (unpaired) electrons. The van der Waals surface area contributed by atoms with Crippen molar-refractivity contribution in [3.63, 3.8) is 0 Å². The molecule has 3 aromatic rings. The standard InChI is InChI=1S/C24H26N4O6S/c25-35(31,32)23-11-10-21(34-23)24(30)33-17-22(29)26-19-6-8-20(9-7-19)28-14-12-27(13-15-28)16-18-4-2-1-3-5-18/h1-11H,12-17H2,(H,26,29)(H2,25,31,32). The number of amides is 1. The fraction of sp³-hybridized carbons (Fsp3) is 0.250. The number of hydrogen-bond acceptors (Lipinski definition) is 8. The first-order valence-electron chi connectivity index (χ1n) is 11.0. The maximum atomic E-state index is 12.1. The van der Waals surface area contributed by atoms with E-state index in [9.17, 15) is 18.0 Å². The zero-order valence-corrected chi connectivity index (χ0v) is 19.7. The van der Waals surface area contributed by atoms with E-state index in [4.69, 9.17) is 14.3 Å². The van der Waals surface area contributed by atoms with Gasteiger partial charge >= 0.3 is 5.97 Å². The Morgan fingerprint density at radius 3 is 2.26 bits per heavy atom. The van der Waals surface area contributed by atoms with Gasteiger partial charge in [-0.15, -0.1) is 0 Å². The summed E-state index contributed by atoms with van der Waals surface area (Å²) in [5.41, 5.74) is 2.94. The van der Waals surface area contributed by atoms with Crippen molar-refractivity contribution in [3.05, 3.63) is 78.1 Å². The zero-order chi connectivity index (χ0) is 24.8. The lowest BCUT2D eigenvalue weighted by Crippen LogP contribution is -2.45. The monoisotopic (exact) mass is 498 g/mol. The maximum absolute atomic E-state index is 12.1. The molecule has 1 saturated heterocycles. The lowest BCUT2D eigenvalue weighted by atomic mass is 10.2. The number of carbonyl (C=O) groups excluding carboxylic acids is 2. The Morgan fingerprint density at radius 2 is 1.63 bits per heavy atom. The number of sulfonamides is 1. The van der Waals surface area contributed by atoms with Gasteiger partial charge < -0.3 is 19.4 Å². The van der Waals surface area contributed by atoms with Gasteiger partial charge in [-0.25, -0.2) is 18.4 Å². The van der Waals surface area contributed by atoms with Gasteiger partial charge in [0.1, 0.15) is 0 Å². The predicted molar refractivity (Wildman–Crippen MR) is 129 cm³/mol. The molecule has 0 aliphatic carbocycles. The van der Waals surface area contributed by atoms with Gasteiger partial charge in [0.25, 0.3) is 15.9 Å². The van der Waals surface area contributed by atoms with Gasteiger partial charge in [0.2, 0.25) is 10.9 Å². The van der Waals surface area contributed by atoms with Crippen molar-refractivity contribution in [2.75, 3.05) is 43.0 Å². The number of hydrogen-bond donors (Lipinski definition) is 2. The Bertz CT molecular complexity index is 1270. The number of esters is 1. The molecule has 1 aliphatic heterocycles. The highest BCUT2D eigenvalue weighted by molar-refractivity contribution is 7.89. The number of anilines is 2. The number of primary sulfonamides is 1. The van der Waals surface area contributed by atoms with Crippen LogP contribution in [-0.4, -0.2) is 58.0 Å². The second-order valence-electron chi connectivity index (χ2n) is 8.08. The molecule has 0 spiro atoms. The summed E-state index contributed by atoms with van der Waals surface area (Å²) >= 11 is 0. The van der Waals surface area contributed by atoms with Crippen LogP contribution in [0.2, 0.25) is 0 Å². The lowest BCUT2D eigenvalue weighted by Gasteiger charge is -2.36. The summed E-state index contributed by atoms with van der Waals surface area (Å²) in [4.78, 5) is 28.8. The van der Waals surface area contributed by atoms with E-state index in [1.165, 1.54) is 5.56 Å². The average molecular weight is 499 g/mol. The third-order valence-corrected chi connectivity index (χ3v) is 6.32. The molecule has 4 rings (SSSR count). The van der Waals surface area contributed by atoms with Crippen LogP contribution in [0.4, 0.5) is 11.4 Å². The van der Waals surface area contributed by atoms with Crippen LogP contribution in [0.3, 0.4) is 0 Å². The van der Waals surface area contributed by atoms with Gasteiger partial charge in [0.05, 0.1) is 0 Å². The Labute approximate surface area is 203 Å². The molecule has 0 bridgehead atoms. The minimum absolute atomic E-state index is 0.366. The lowest BCUT2D eigenvalue weighted by molar-refractivity contribution is -0.119. The van der Waals surface area contributed by atoms with Crippen LogP contribution in [0.5, 0.6) is 0 Å². The van der Waals surface area contributed by atoms with E-state index in [0.29, 0.717) is 5.69 Å². The van der Waals surface area contributed by atoms with E-state index in [-0.39, 0.29) is 5.76 Å². The van der Waals surface area contributed by atoms with Crippen molar-refractivity contribution in [3.8, 4) is 0 Å². The largest absolute Gasteiger partial charge is 0.450 e. The van der Waals surface area contributed by atoms with Crippen molar-refractivity contribution in [1.29, 1.82) is 0 Å². The summed E-state index contributed by atoms with van der Waals surface area (Å²) < 4.78 is 32.1. The van der Waals surface area contributed by atoms with Crippen LogP contribution in [0.25, 0.3) is 0 Å². The number of rotatable bonds is 8. The Hall–Kier alpha value is -3.67. The zero-order valence-electron chi connectivity index (χ0n) is 18.9. The second kappa shape index (κ2) is 10.7. The molecule has 11 heteroatoms. The molecule has 35 heavy (non-hydrogen) atoms. The molecule has 2 heterocycles. The number of carbonyl (C=O) groups is 2. The summed E-state index contributed by atoms with van der Waals surface area (Å²) in [5.74, 6) is -1.88. The molecule has 3 N–H and O–H groups in total. The van der Waals surface area contributed by atoms with E-state index in [1.807, 2.05) is 18.2 Å². The number of nitrogens with zero attached hydrogens (tertiary/aromatic N) is 2. The Morgan fingerprint density at radius 1 is 0.943 bits per heavy atom. The van der Waals surface area contributed by atoms with Crippen LogP contribution in [-0.2, 0) is 26.1 Å². The topological polar surface area (TPSA) is 135 Å². The molecule has 1 aromatic heterocycles. The van der Waals surface area contributed by atoms with Crippen molar-refractivity contribution < 1.29 is 27.2 Å². The number of nitrogens with one attached hydrogen (secondary N) is 1. The van der Waals surface area contributed by atoms with E-state index < -0.39 is 33.6 Å². The molecule has 1 aliphatic rings. The fourth-order valence-corrected chi connectivity index (χ4v) is 4.21. The van der Waals surface area contributed by atoms with Gasteiger partial charge in [0, 0.05) is 44.1 Å². The molecule has 10 nitrogen and oxygen atoms in total. The second-order valence-corrected chi connectivity index (χ2v) is 9.58. The molecule has 184 valence electrons. The molecule has 0 atom stereocenters. The normalized spacial score (nSPS) is 14.5. The van der Waals surface area contributed by atoms with Crippen LogP contribution in [0, 0.1) is 0 Å².